The van der Waals surface area contributed by atoms with E-state index in [-0.39, 0.29) is 17.1 Å². The molecule has 3 aromatic heterocycles. The van der Waals surface area contributed by atoms with Crippen LogP contribution in [0.2, 0.25) is 0 Å². The Morgan fingerprint density at radius 2 is 1.91 bits per heavy atom. The van der Waals surface area contributed by atoms with E-state index < -0.39 is 5.82 Å². The maximum Gasteiger partial charge on any atom is 0.268 e. The lowest BCUT2D eigenvalue weighted by Crippen LogP contribution is -2.51. The van der Waals surface area contributed by atoms with Gasteiger partial charge in [-0.05, 0) is 73.8 Å². The molecule has 4 bridgehead atoms. The standard InChI is InChI=1S/C25H30FN7O/c1-32(24-28-11-19(26)22(27)31-24)12-18-13-33-20(3-2-4-21(33)30-18)23(34)29-14-25-8-15-5-16(9-25)7-17(6-15)10-25/h2-4,11,13,15-17H,5-10,12,14H2,1H3,(H,29,34)(H2,27,28,31). The molecule has 9 heteroatoms. The first-order chi connectivity index (χ1) is 16.4. The zero-order valence-corrected chi connectivity index (χ0v) is 19.4. The number of nitrogens with zero attached hydrogens (tertiary/aromatic N) is 5. The highest BCUT2D eigenvalue weighted by molar-refractivity contribution is 5.93. The number of pyridine rings is 1. The van der Waals surface area contributed by atoms with Gasteiger partial charge in [0.2, 0.25) is 5.95 Å². The first-order valence-electron chi connectivity index (χ1n) is 12.1. The minimum Gasteiger partial charge on any atom is -0.381 e. The van der Waals surface area contributed by atoms with Crippen molar-refractivity contribution in [3.05, 3.63) is 47.8 Å². The number of aromatic nitrogens is 4. The van der Waals surface area contributed by atoms with Gasteiger partial charge in [0.15, 0.2) is 11.6 Å². The maximum absolute atomic E-state index is 13.4. The number of carbonyl (C=O) groups is 1. The molecule has 1 amide bonds. The van der Waals surface area contributed by atoms with E-state index in [2.05, 4.69) is 20.3 Å². The lowest BCUT2D eigenvalue weighted by molar-refractivity contribution is -0.0503. The molecule has 4 fully saturated rings. The Hall–Kier alpha value is -3.23. The third kappa shape index (κ3) is 3.76. The van der Waals surface area contributed by atoms with Crippen molar-refractivity contribution >= 4 is 23.3 Å². The molecular formula is C25H30FN7O. The number of imidazole rings is 1. The number of fused-ring (bicyclic) bond motifs is 1. The Morgan fingerprint density at radius 3 is 2.59 bits per heavy atom. The van der Waals surface area contributed by atoms with Gasteiger partial charge in [-0.3, -0.25) is 9.20 Å². The molecule has 0 aliphatic heterocycles. The van der Waals surface area contributed by atoms with Gasteiger partial charge in [0.05, 0.1) is 18.4 Å². The summed E-state index contributed by atoms with van der Waals surface area (Å²) in [4.78, 5) is 27.6. The Bertz CT molecular complexity index is 1220. The van der Waals surface area contributed by atoms with Crippen LogP contribution >= 0.6 is 0 Å². The van der Waals surface area contributed by atoms with E-state index in [0.717, 1.165) is 36.2 Å². The topological polar surface area (TPSA) is 101 Å². The van der Waals surface area contributed by atoms with Crippen LogP contribution in [0.3, 0.4) is 0 Å². The van der Waals surface area contributed by atoms with Gasteiger partial charge in [-0.15, -0.1) is 0 Å². The van der Waals surface area contributed by atoms with Crippen LogP contribution in [0.1, 0.15) is 54.7 Å². The van der Waals surface area contributed by atoms with E-state index >= 15 is 0 Å². The number of amides is 1. The number of nitrogen functional groups attached to an aromatic ring is 1. The van der Waals surface area contributed by atoms with Gasteiger partial charge in [0.25, 0.3) is 5.91 Å². The van der Waals surface area contributed by atoms with Crippen molar-refractivity contribution < 1.29 is 9.18 Å². The largest absolute Gasteiger partial charge is 0.381 e. The summed E-state index contributed by atoms with van der Waals surface area (Å²) < 4.78 is 15.2. The first-order valence-corrected chi connectivity index (χ1v) is 12.1. The molecular weight excluding hydrogens is 433 g/mol. The SMILES string of the molecule is CN(Cc1cn2c(C(=O)NCC34CC5CC(CC(C5)C3)C4)cccc2n1)c1ncc(F)c(N)n1. The van der Waals surface area contributed by atoms with Crippen molar-refractivity contribution in [3.63, 3.8) is 0 Å². The molecule has 4 aliphatic carbocycles. The van der Waals surface area contributed by atoms with E-state index in [1.54, 1.807) is 11.9 Å². The van der Waals surface area contributed by atoms with Gasteiger partial charge in [0, 0.05) is 19.8 Å². The Balaban J connectivity index is 1.18. The second-order valence-corrected chi connectivity index (χ2v) is 10.7. The number of carbonyl (C=O) groups excluding carboxylic acids is 1. The summed E-state index contributed by atoms with van der Waals surface area (Å²) in [6, 6.07) is 5.58. The average Bonchev–Trinajstić information content (AvgIpc) is 3.21. The summed E-state index contributed by atoms with van der Waals surface area (Å²) >= 11 is 0. The number of rotatable bonds is 6. The van der Waals surface area contributed by atoms with Crippen LogP contribution in [0.5, 0.6) is 0 Å². The van der Waals surface area contributed by atoms with Crippen LogP contribution in [0.15, 0.2) is 30.6 Å². The highest BCUT2D eigenvalue weighted by Crippen LogP contribution is 2.59. The molecule has 178 valence electrons. The smallest absolute Gasteiger partial charge is 0.268 e. The fourth-order valence-corrected chi connectivity index (χ4v) is 7.06. The Morgan fingerprint density at radius 1 is 1.21 bits per heavy atom. The van der Waals surface area contributed by atoms with Crippen molar-refractivity contribution in [2.24, 2.45) is 23.2 Å². The predicted octanol–water partition coefficient (Wildman–Crippen LogP) is 3.43. The monoisotopic (exact) mass is 463 g/mol. The lowest BCUT2D eigenvalue weighted by atomic mass is 9.49. The van der Waals surface area contributed by atoms with Gasteiger partial charge in [-0.2, -0.15) is 4.98 Å². The van der Waals surface area contributed by atoms with Crippen molar-refractivity contribution in [2.75, 3.05) is 24.2 Å². The summed E-state index contributed by atoms with van der Waals surface area (Å²) in [5.41, 5.74) is 7.88. The molecule has 4 aliphatic rings. The number of nitrogens with one attached hydrogen (secondary N) is 1. The van der Waals surface area contributed by atoms with E-state index in [1.165, 1.54) is 38.5 Å². The molecule has 4 saturated carbocycles. The minimum atomic E-state index is -0.644. The zero-order chi connectivity index (χ0) is 23.4. The van der Waals surface area contributed by atoms with Crippen LogP contribution in [0.25, 0.3) is 5.65 Å². The fourth-order valence-electron chi connectivity index (χ4n) is 7.06. The van der Waals surface area contributed by atoms with Gasteiger partial charge in [0.1, 0.15) is 11.3 Å². The minimum absolute atomic E-state index is 0.0618. The molecule has 7 rings (SSSR count). The molecule has 0 radical (unpaired) electrons. The molecule has 0 spiro atoms. The Kier molecular flexibility index (Phi) is 4.97. The molecule has 3 N–H and O–H groups in total. The average molecular weight is 464 g/mol. The van der Waals surface area contributed by atoms with Crippen LogP contribution in [-0.4, -0.2) is 38.9 Å². The van der Waals surface area contributed by atoms with E-state index in [9.17, 15) is 9.18 Å². The van der Waals surface area contributed by atoms with Crippen molar-refractivity contribution in [2.45, 2.75) is 45.1 Å². The summed E-state index contributed by atoms with van der Waals surface area (Å²) in [5, 5.41) is 3.27. The lowest BCUT2D eigenvalue weighted by Gasteiger charge is -2.56. The normalized spacial score (nSPS) is 27.3. The van der Waals surface area contributed by atoms with Crippen LogP contribution in [0, 0.1) is 29.0 Å². The maximum atomic E-state index is 13.4. The number of anilines is 2. The van der Waals surface area contributed by atoms with E-state index in [4.69, 9.17) is 5.73 Å². The third-order valence-corrected chi connectivity index (χ3v) is 8.06. The quantitative estimate of drug-likeness (QED) is 0.581. The molecule has 0 unspecified atom stereocenters. The molecule has 8 nitrogen and oxygen atoms in total. The second-order valence-electron chi connectivity index (χ2n) is 10.7. The summed E-state index contributed by atoms with van der Waals surface area (Å²) in [5.74, 6) is 2.00. The molecule has 0 saturated heterocycles. The molecule has 34 heavy (non-hydrogen) atoms. The summed E-state index contributed by atoms with van der Waals surface area (Å²) in [6.07, 6.45) is 10.9. The van der Waals surface area contributed by atoms with Crippen LogP contribution in [-0.2, 0) is 6.54 Å². The van der Waals surface area contributed by atoms with Crippen LogP contribution < -0.4 is 16.0 Å². The molecule has 3 heterocycles. The fraction of sp³-hybridized carbons (Fsp3) is 0.520. The van der Waals surface area contributed by atoms with Gasteiger partial charge >= 0.3 is 0 Å². The first kappa shape index (κ1) is 21.3. The summed E-state index contributed by atoms with van der Waals surface area (Å²) in [6.45, 7) is 1.15. The van der Waals surface area contributed by atoms with E-state index in [1.807, 2.05) is 28.8 Å². The highest BCUT2D eigenvalue weighted by atomic mass is 19.1. The number of halogens is 1. The summed E-state index contributed by atoms with van der Waals surface area (Å²) in [7, 11) is 1.79. The second kappa shape index (κ2) is 7.92. The van der Waals surface area contributed by atoms with Gasteiger partial charge in [-0.25, -0.2) is 14.4 Å². The highest BCUT2D eigenvalue weighted by Gasteiger charge is 2.50. The van der Waals surface area contributed by atoms with Crippen LogP contribution in [0.4, 0.5) is 16.2 Å². The zero-order valence-electron chi connectivity index (χ0n) is 19.4. The molecule has 0 aromatic carbocycles. The van der Waals surface area contributed by atoms with Crippen molar-refractivity contribution in [1.29, 1.82) is 0 Å². The number of hydrogen-bond donors (Lipinski definition) is 2. The van der Waals surface area contributed by atoms with Crippen molar-refractivity contribution in [1.82, 2.24) is 24.7 Å². The predicted molar refractivity (Wildman–Crippen MR) is 127 cm³/mol. The number of hydrogen-bond acceptors (Lipinski definition) is 6. The third-order valence-electron chi connectivity index (χ3n) is 8.06. The number of nitrogens with two attached hydrogens (primary N) is 1. The van der Waals surface area contributed by atoms with E-state index in [0.29, 0.717) is 23.8 Å². The van der Waals surface area contributed by atoms with Gasteiger partial charge in [-0.1, -0.05) is 6.07 Å². The van der Waals surface area contributed by atoms with Crippen molar-refractivity contribution in [3.8, 4) is 0 Å². The molecule has 3 aromatic rings. The Labute approximate surface area is 197 Å². The van der Waals surface area contributed by atoms with Gasteiger partial charge < -0.3 is 16.0 Å². The molecule has 0 atom stereocenters.